The number of nitrogens with zero attached hydrogens (tertiary/aromatic N) is 1. The molecule has 0 bridgehead atoms. The Hall–Kier alpha value is -0.890. The maximum absolute atomic E-state index is 8.55. The van der Waals surface area contributed by atoms with E-state index in [1.165, 1.54) is 0 Å². The number of aromatic nitrogens is 1. The average Bonchev–Trinajstić information content (AvgIpc) is 2.14. The second-order valence-corrected chi connectivity index (χ2v) is 2.86. The molecule has 1 aromatic heterocycles. The van der Waals surface area contributed by atoms with E-state index in [1.807, 2.05) is 24.4 Å². The van der Waals surface area contributed by atoms with Crippen molar-refractivity contribution in [3.8, 4) is 0 Å². The van der Waals surface area contributed by atoms with E-state index in [4.69, 9.17) is 5.11 Å². The molecule has 12 heavy (non-hydrogen) atoms. The summed E-state index contributed by atoms with van der Waals surface area (Å²) in [5.41, 5.74) is 1.15. The molecule has 66 valence electrons. The topological polar surface area (TPSA) is 33.1 Å². The predicted molar refractivity (Wildman–Crippen MR) is 48.9 cm³/mol. The van der Waals surface area contributed by atoms with Gasteiger partial charge in [-0.1, -0.05) is 12.5 Å². The van der Waals surface area contributed by atoms with Crippen LogP contribution in [0.25, 0.3) is 0 Å². The lowest BCUT2D eigenvalue weighted by Gasteiger charge is -1.98. The molecule has 2 nitrogen and oxygen atoms in total. The van der Waals surface area contributed by atoms with E-state index in [0.717, 1.165) is 31.4 Å². The Bertz CT molecular complexity index is 198. The molecular formula is C10H15NO. The van der Waals surface area contributed by atoms with Crippen molar-refractivity contribution in [1.82, 2.24) is 4.98 Å². The maximum atomic E-state index is 8.55. The number of unbranched alkanes of at least 4 members (excludes halogenated alkanes) is 2. The molecule has 1 aromatic rings. The second-order valence-electron chi connectivity index (χ2n) is 2.86. The smallest absolute Gasteiger partial charge is 0.0431 e. The minimum atomic E-state index is 0.308. The van der Waals surface area contributed by atoms with E-state index in [-0.39, 0.29) is 0 Å². The Morgan fingerprint density at radius 1 is 1.17 bits per heavy atom. The van der Waals surface area contributed by atoms with Crippen LogP contribution in [0.4, 0.5) is 0 Å². The van der Waals surface area contributed by atoms with Gasteiger partial charge in [0.1, 0.15) is 0 Å². The Labute approximate surface area is 73.3 Å². The summed E-state index contributed by atoms with van der Waals surface area (Å²) in [6, 6.07) is 5.98. The van der Waals surface area contributed by atoms with Crippen LogP contribution in [-0.4, -0.2) is 16.7 Å². The summed E-state index contributed by atoms with van der Waals surface area (Å²) in [6.45, 7) is 0.308. The highest BCUT2D eigenvalue weighted by Gasteiger charge is 1.92. The largest absolute Gasteiger partial charge is 0.396 e. The second kappa shape index (κ2) is 5.72. The molecule has 1 heterocycles. The number of aliphatic hydroxyl groups excluding tert-OH is 1. The molecule has 2 heteroatoms. The summed E-state index contributed by atoms with van der Waals surface area (Å²) < 4.78 is 0. The zero-order valence-corrected chi connectivity index (χ0v) is 7.24. The van der Waals surface area contributed by atoms with Crippen molar-refractivity contribution < 1.29 is 5.11 Å². The summed E-state index contributed by atoms with van der Waals surface area (Å²) in [7, 11) is 0. The van der Waals surface area contributed by atoms with Gasteiger partial charge in [0.2, 0.25) is 0 Å². The van der Waals surface area contributed by atoms with Crippen molar-refractivity contribution >= 4 is 0 Å². The number of pyridine rings is 1. The summed E-state index contributed by atoms with van der Waals surface area (Å²) in [5.74, 6) is 0. The fraction of sp³-hybridized carbons (Fsp3) is 0.500. The van der Waals surface area contributed by atoms with Gasteiger partial charge in [0.25, 0.3) is 0 Å². The van der Waals surface area contributed by atoms with Crippen LogP contribution in [0.1, 0.15) is 25.0 Å². The number of aryl methyl sites for hydroxylation is 1. The van der Waals surface area contributed by atoms with Gasteiger partial charge >= 0.3 is 0 Å². The molecule has 0 amide bonds. The first kappa shape index (κ1) is 9.20. The van der Waals surface area contributed by atoms with Crippen molar-refractivity contribution in [2.45, 2.75) is 25.7 Å². The zero-order valence-electron chi connectivity index (χ0n) is 7.24. The van der Waals surface area contributed by atoms with Crippen LogP contribution in [0.5, 0.6) is 0 Å². The molecule has 0 atom stereocenters. The zero-order chi connectivity index (χ0) is 8.65. The fourth-order valence-electron chi connectivity index (χ4n) is 1.14. The molecule has 0 fully saturated rings. The first-order valence-electron chi connectivity index (χ1n) is 4.44. The van der Waals surface area contributed by atoms with E-state index >= 15 is 0 Å². The third-order valence-electron chi connectivity index (χ3n) is 1.82. The molecule has 0 aliphatic heterocycles. The van der Waals surface area contributed by atoms with Gasteiger partial charge in [-0.2, -0.15) is 0 Å². The highest BCUT2D eigenvalue weighted by molar-refractivity contribution is 5.03. The van der Waals surface area contributed by atoms with Crippen LogP contribution >= 0.6 is 0 Å². The van der Waals surface area contributed by atoms with Crippen LogP contribution in [0.15, 0.2) is 24.4 Å². The van der Waals surface area contributed by atoms with Gasteiger partial charge < -0.3 is 5.11 Å². The lowest BCUT2D eigenvalue weighted by atomic mass is 10.1. The number of rotatable bonds is 5. The third kappa shape index (κ3) is 3.49. The molecule has 0 radical (unpaired) electrons. The van der Waals surface area contributed by atoms with E-state index in [0.29, 0.717) is 6.61 Å². The fourth-order valence-corrected chi connectivity index (χ4v) is 1.14. The standard InChI is InChI=1S/C10H15NO/c12-9-5-1-2-6-10-7-3-4-8-11-10/h3-4,7-8,12H,1-2,5-6,9H2. The number of hydrogen-bond donors (Lipinski definition) is 1. The third-order valence-corrected chi connectivity index (χ3v) is 1.82. The normalized spacial score (nSPS) is 10.1. The molecule has 1 rings (SSSR count). The molecule has 0 aliphatic carbocycles. The SMILES string of the molecule is OCCCCCc1ccccn1. The van der Waals surface area contributed by atoms with Gasteiger partial charge in [-0.25, -0.2) is 0 Å². The number of hydrogen-bond acceptors (Lipinski definition) is 2. The lowest BCUT2D eigenvalue weighted by molar-refractivity contribution is 0.283. The van der Waals surface area contributed by atoms with Crippen LogP contribution in [0.2, 0.25) is 0 Å². The maximum Gasteiger partial charge on any atom is 0.0431 e. The monoisotopic (exact) mass is 165 g/mol. The molecule has 0 aliphatic rings. The molecule has 1 N–H and O–H groups in total. The highest BCUT2D eigenvalue weighted by atomic mass is 16.2. The Balaban J connectivity index is 2.16. The van der Waals surface area contributed by atoms with E-state index in [2.05, 4.69) is 4.98 Å². The first-order valence-corrected chi connectivity index (χ1v) is 4.44. The Morgan fingerprint density at radius 3 is 2.75 bits per heavy atom. The van der Waals surface area contributed by atoms with Gasteiger partial charge in [0.15, 0.2) is 0 Å². The quantitative estimate of drug-likeness (QED) is 0.675. The predicted octanol–water partition coefficient (Wildman–Crippen LogP) is 1.79. The summed E-state index contributed by atoms with van der Waals surface area (Å²) >= 11 is 0. The van der Waals surface area contributed by atoms with Crippen molar-refractivity contribution in [2.75, 3.05) is 6.61 Å². The first-order chi connectivity index (χ1) is 5.93. The minimum Gasteiger partial charge on any atom is -0.396 e. The molecule has 0 saturated carbocycles. The van der Waals surface area contributed by atoms with Gasteiger partial charge in [-0.3, -0.25) is 4.98 Å². The highest BCUT2D eigenvalue weighted by Crippen LogP contribution is 2.02. The van der Waals surface area contributed by atoms with Gasteiger partial charge in [-0.05, 0) is 31.4 Å². The minimum absolute atomic E-state index is 0.308. The van der Waals surface area contributed by atoms with E-state index in [1.54, 1.807) is 0 Å². The average molecular weight is 165 g/mol. The summed E-state index contributed by atoms with van der Waals surface area (Å²) in [6.07, 6.45) is 5.97. The summed E-state index contributed by atoms with van der Waals surface area (Å²) in [4.78, 5) is 4.21. The van der Waals surface area contributed by atoms with E-state index < -0.39 is 0 Å². The van der Waals surface area contributed by atoms with Crippen molar-refractivity contribution in [2.24, 2.45) is 0 Å². The van der Waals surface area contributed by atoms with E-state index in [9.17, 15) is 0 Å². The Kier molecular flexibility index (Phi) is 4.39. The van der Waals surface area contributed by atoms with Crippen LogP contribution in [0.3, 0.4) is 0 Å². The molecule has 0 unspecified atom stereocenters. The Morgan fingerprint density at radius 2 is 2.08 bits per heavy atom. The van der Waals surface area contributed by atoms with Crippen LogP contribution < -0.4 is 0 Å². The number of aliphatic hydroxyl groups is 1. The lowest BCUT2D eigenvalue weighted by Crippen LogP contribution is -1.90. The van der Waals surface area contributed by atoms with Crippen LogP contribution in [0, 0.1) is 0 Å². The van der Waals surface area contributed by atoms with Crippen molar-refractivity contribution in [3.05, 3.63) is 30.1 Å². The van der Waals surface area contributed by atoms with Gasteiger partial charge in [0, 0.05) is 18.5 Å². The molecule has 0 spiro atoms. The van der Waals surface area contributed by atoms with Crippen LogP contribution in [-0.2, 0) is 6.42 Å². The van der Waals surface area contributed by atoms with Gasteiger partial charge in [0.05, 0.1) is 0 Å². The molecule has 0 saturated heterocycles. The van der Waals surface area contributed by atoms with Crippen molar-refractivity contribution in [1.29, 1.82) is 0 Å². The van der Waals surface area contributed by atoms with Crippen molar-refractivity contribution in [3.63, 3.8) is 0 Å². The molecule has 0 aromatic carbocycles. The molecular weight excluding hydrogens is 150 g/mol. The van der Waals surface area contributed by atoms with Gasteiger partial charge in [-0.15, -0.1) is 0 Å². The summed E-state index contributed by atoms with van der Waals surface area (Å²) in [5, 5.41) is 8.55.